The lowest BCUT2D eigenvalue weighted by Gasteiger charge is -2.20. The van der Waals surface area contributed by atoms with Crippen molar-refractivity contribution in [2.24, 2.45) is 7.05 Å². The number of halogens is 1. The number of aryl methyl sites for hydroxylation is 2. The van der Waals surface area contributed by atoms with Crippen LogP contribution in [-0.4, -0.2) is 14.1 Å². The summed E-state index contributed by atoms with van der Waals surface area (Å²) >= 11 is 6.07. The van der Waals surface area contributed by atoms with Crippen molar-refractivity contribution >= 4 is 11.6 Å². The lowest BCUT2D eigenvalue weighted by atomic mass is 9.97. The fourth-order valence-corrected chi connectivity index (χ4v) is 3.26. The number of aromatic nitrogens is 3. The van der Waals surface area contributed by atoms with Gasteiger partial charge in [-0.15, -0.1) is 0 Å². The first-order valence-corrected chi connectivity index (χ1v) is 7.77. The highest BCUT2D eigenvalue weighted by Gasteiger charge is 2.22. The Kier molecular flexibility index (Phi) is 3.68. The Morgan fingerprint density at radius 3 is 2.59 bits per heavy atom. The molecule has 0 N–H and O–H groups in total. The van der Waals surface area contributed by atoms with E-state index in [0.717, 1.165) is 30.5 Å². The second kappa shape index (κ2) is 5.39. The molecule has 0 radical (unpaired) electrons. The van der Waals surface area contributed by atoms with Gasteiger partial charge in [-0.1, -0.05) is 11.6 Å². The Bertz CT molecular complexity index is 880. The molecular weight excluding hydrogens is 302 g/mol. The molecule has 0 saturated heterocycles. The Hall–Kier alpha value is -1.88. The molecule has 6 heteroatoms. The van der Waals surface area contributed by atoms with E-state index in [1.807, 2.05) is 0 Å². The Morgan fingerprint density at radius 2 is 1.86 bits per heavy atom. The first kappa shape index (κ1) is 15.0. The van der Waals surface area contributed by atoms with Crippen LogP contribution in [0.4, 0.5) is 0 Å². The van der Waals surface area contributed by atoms with Crippen LogP contribution < -0.4 is 11.2 Å². The normalized spacial score (nSPS) is 14.0. The maximum absolute atomic E-state index is 12.8. The average molecular weight is 320 g/mol. The zero-order chi connectivity index (χ0) is 16.0. The molecule has 116 valence electrons. The number of fused-ring (bicyclic) bond motifs is 1. The lowest BCUT2D eigenvalue weighted by Crippen LogP contribution is -2.43. The second-order valence-electron chi connectivity index (χ2n) is 5.81. The maximum Gasteiger partial charge on any atom is 0.336 e. The zero-order valence-corrected chi connectivity index (χ0v) is 13.7. The molecule has 0 spiro atoms. The molecule has 3 rings (SSSR count). The smallest absolute Gasteiger partial charge is 0.300 e. The first-order chi connectivity index (χ1) is 10.4. The molecule has 5 nitrogen and oxygen atoms in total. The summed E-state index contributed by atoms with van der Waals surface area (Å²) in [4.78, 5) is 29.8. The van der Waals surface area contributed by atoms with E-state index in [1.165, 1.54) is 4.57 Å². The number of hydrogen-bond donors (Lipinski definition) is 0. The van der Waals surface area contributed by atoms with Crippen molar-refractivity contribution < 1.29 is 0 Å². The van der Waals surface area contributed by atoms with Crippen molar-refractivity contribution in [3.05, 3.63) is 54.4 Å². The van der Waals surface area contributed by atoms with E-state index in [9.17, 15) is 9.59 Å². The summed E-state index contributed by atoms with van der Waals surface area (Å²) in [6.07, 6.45) is 3.49. The SMILES string of the molecule is Cc1cc(Cl)c(C)nc1-n1c(=O)c2c(n(C)c1=O)CCCC2. The molecule has 2 aromatic heterocycles. The largest absolute Gasteiger partial charge is 0.336 e. The van der Waals surface area contributed by atoms with Gasteiger partial charge in [-0.25, -0.2) is 14.3 Å². The Balaban J connectivity index is 2.38. The molecule has 0 atom stereocenters. The minimum atomic E-state index is -0.344. The summed E-state index contributed by atoms with van der Waals surface area (Å²) in [5, 5.41) is 0.532. The molecule has 1 aliphatic carbocycles. The highest BCUT2D eigenvalue weighted by molar-refractivity contribution is 6.31. The van der Waals surface area contributed by atoms with Crippen LogP contribution in [0.5, 0.6) is 0 Å². The predicted molar refractivity (Wildman–Crippen MR) is 86.2 cm³/mol. The molecule has 0 saturated carbocycles. The second-order valence-corrected chi connectivity index (χ2v) is 6.22. The van der Waals surface area contributed by atoms with E-state index in [2.05, 4.69) is 4.98 Å². The van der Waals surface area contributed by atoms with E-state index < -0.39 is 0 Å². The molecule has 0 unspecified atom stereocenters. The molecule has 0 aromatic carbocycles. The fraction of sp³-hybridized carbons (Fsp3) is 0.438. The van der Waals surface area contributed by atoms with Crippen LogP contribution in [0.1, 0.15) is 35.4 Å². The van der Waals surface area contributed by atoms with Crippen molar-refractivity contribution in [3.8, 4) is 5.82 Å². The van der Waals surface area contributed by atoms with Gasteiger partial charge in [0.15, 0.2) is 0 Å². The first-order valence-electron chi connectivity index (χ1n) is 7.39. The summed E-state index contributed by atoms with van der Waals surface area (Å²) in [5.41, 5.74) is 2.33. The minimum Gasteiger partial charge on any atom is -0.300 e. The fourth-order valence-electron chi connectivity index (χ4n) is 3.05. The number of nitrogens with zero attached hydrogens (tertiary/aromatic N) is 3. The van der Waals surface area contributed by atoms with Crippen LogP contribution in [0, 0.1) is 13.8 Å². The molecular formula is C16H18ClN3O2. The van der Waals surface area contributed by atoms with Gasteiger partial charge in [0.25, 0.3) is 5.56 Å². The number of hydrogen-bond acceptors (Lipinski definition) is 3. The Labute approximate surface area is 133 Å². The van der Waals surface area contributed by atoms with Crippen LogP contribution in [-0.2, 0) is 19.9 Å². The third-order valence-corrected chi connectivity index (χ3v) is 4.69. The lowest BCUT2D eigenvalue weighted by molar-refractivity contribution is 0.583. The highest BCUT2D eigenvalue weighted by atomic mass is 35.5. The zero-order valence-electron chi connectivity index (χ0n) is 12.9. The molecule has 1 aliphatic rings. The average Bonchev–Trinajstić information content (AvgIpc) is 2.50. The van der Waals surface area contributed by atoms with E-state index in [4.69, 9.17) is 11.6 Å². The summed E-state index contributed by atoms with van der Waals surface area (Å²) in [6.45, 7) is 3.57. The molecule has 0 bridgehead atoms. The van der Waals surface area contributed by atoms with Crippen molar-refractivity contribution in [2.45, 2.75) is 39.5 Å². The summed E-state index contributed by atoms with van der Waals surface area (Å²) in [5.74, 6) is 0.376. The van der Waals surface area contributed by atoms with Crippen LogP contribution in [0.15, 0.2) is 15.7 Å². The van der Waals surface area contributed by atoms with E-state index in [-0.39, 0.29) is 11.2 Å². The van der Waals surface area contributed by atoms with E-state index in [1.54, 1.807) is 31.5 Å². The van der Waals surface area contributed by atoms with Gasteiger partial charge in [0, 0.05) is 18.3 Å². The van der Waals surface area contributed by atoms with Crippen LogP contribution >= 0.6 is 11.6 Å². The minimum absolute atomic E-state index is 0.241. The van der Waals surface area contributed by atoms with Gasteiger partial charge in [-0.05, 0) is 51.2 Å². The standard InChI is InChI=1S/C16H18ClN3O2/c1-9-8-12(17)10(2)18-14(9)20-15(21)11-6-4-5-7-13(11)19(3)16(20)22/h8H,4-7H2,1-3H3. The van der Waals surface area contributed by atoms with Gasteiger partial charge in [0.05, 0.1) is 10.7 Å². The molecule has 2 heterocycles. The van der Waals surface area contributed by atoms with Gasteiger partial charge < -0.3 is 0 Å². The van der Waals surface area contributed by atoms with Gasteiger partial charge >= 0.3 is 5.69 Å². The molecule has 2 aromatic rings. The summed E-state index contributed by atoms with van der Waals surface area (Å²) < 4.78 is 2.77. The molecule has 0 aliphatic heterocycles. The summed E-state index contributed by atoms with van der Waals surface area (Å²) in [6, 6.07) is 1.74. The third kappa shape index (κ3) is 2.20. The molecule has 0 fully saturated rings. The van der Waals surface area contributed by atoms with Crippen LogP contribution in [0.3, 0.4) is 0 Å². The van der Waals surface area contributed by atoms with Crippen molar-refractivity contribution in [1.29, 1.82) is 0 Å². The third-order valence-electron chi connectivity index (χ3n) is 4.31. The molecule has 0 amide bonds. The van der Waals surface area contributed by atoms with E-state index >= 15 is 0 Å². The van der Waals surface area contributed by atoms with Gasteiger partial charge in [0.2, 0.25) is 0 Å². The van der Waals surface area contributed by atoms with Crippen molar-refractivity contribution in [3.63, 3.8) is 0 Å². The van der Waals surface area contributed by atoms with Crippen molar-refractivity contribution in [2.75, 3.05) is 0 Å². The quantitative estimate of drug-likeness (QED) is 0.808. The summed E-state index contributed by atoms with van der Waals surface area (Å²) in [7, 11) is 1.72. The van der Waals surface area contributed by atoms with Crippen LogP contribution in [0.2, 0.25) is 5.02 Å². The molecule has 22 heavy (non-hydrogen) atoms. The predicted octanol–water partition coefficient (Wildman–Crippen LogP) is 2.08. The highest BCUT2D eigenvalue weighted by Crippen LogP contribution is 2.20. The van der Waals surface area contributed by atoms with Gasteiger partial charge in [0.1, 0.15) is 5.82 Å². The van der Waals surface area contributed by atoms with Gasteiger partial charge in [-0.3, -0.25) is 9.36 Å². The number of pyridine rings is 1. The maximum atomic E-state index is 12.8. The number of rotatable bonds is 1. The Morgan fingerprint density at radius 1 is 1.18 bits per heavy atom. The van der Waals surface area contributed by atoms with E-state index in [0.29, 0.717) is 28.5 Å². The monoisotopic (exact) mass is 319 g/mol. The van der Waals surface area contributed by atoms with Gasteiger partial charge in [-0.2, -0.15) is 0 Å². The van der Waals surface area contributed by atoms with Crippen LogP contribution in [0.25, 0.3) is 5.82 Å². The topological polar surface area (TPSA) is 56.9 Å². The van der Waals surface area contributed by atoms with Crippen molar-refractivity contribution in [1.82, 2.24) is 14.1 Å².